The van der Waals surface area contributed by atoms with E-state index in [2.05, 4.69) is 36.7 Å². The Bertz CT molecular complexity index is 782. The number of hydrogen-bond donors (Lipinski definition) is 1. The maximum atomic E-state index is 13.4. The first-order valence-electron chi connectivity index (χ1n) is 8.14. The van der Waals surface area contributed by atoms with E-state index >= 15 is 0 Å². The summed E-state index contributed by atoms with van der Waals surface area (Å²) in [5.74, 6) is -0.258. The minimum Gasteiger partial charge on any atom is -0.324 e. The van der Waals surface area contributed by atoms with Crippen LogP contribution < -0.4 is 5.32 Å². The van der Waals surface area contributed by atoms with Crippen molar-refractivity contribution in [2.75, 3.05) is 25.5 Å². The molecule has 0 unspecified atom stereocenters. The average molecular weight is 472 g/mol. The fraction of sp³-hybridized carbons (Fsp3) is 0.333. The van der Waals surface area contributed by atoms with Gasteiger partial charge in [-0.05, 0) is 29.8 Å². The van der Waals surface area contributed by atoms with Crippen molar-refractivity contribution in [2.45, 2.75) is 18.9 Å². The van der Waals surface area contributed by atoms with Gasteiger partial charge in [0, 0.05) is 53.4 Å². The smallest absolute Gasteiger partial charge is 0.322 e. The van der Waals surface area contributed by atoms with Crippen molar-refractivity contribution >= 4 is 49.2 Å². The molecule has 0 radical (unpaired) electrons. The number of rotatable bonds is 3. The predicted octanol–water partition coefficient (Wildman–Crippen LogP) is 4.66. The standard InChI is InChI=1S/C18H19FIN3OS/c1-22(15-7-9-23(12-20)10-8-15)18(24)21-17-6-5-16(25-17)13-3-2-4-14(19)11-13/h2-6,11-12,15H,7-10H2,1H3/p+1. The fourth-order valence-corrected chi connectivity index (χ4v) is 4.38. The van der Waals surface area contributed by atoms with Crippen molar-refractivity contribution in [2.24, 2.45) is 0 Å². The SMILES string of the molecule is CN(C(=O)Nc1ccc(-c2cccc(F)c2)s1)C1CC[N+](=CI)CC1. The van der Waals surface area contributed by atoms with Gasteiger partial charge in [0.15, 0.2) is 4.22 Å². The monoisotopic (exact) mass is 472 g/mol. The van der Waals surface area contributed by atoms with Gasteiger partial charge in [-0.1, -0.05) is 12.1 Å². The number of piperidine rings is 1. The number of thiophene rings is 1. The molecule has 0 atom stereocenters. The third-order valence-corrected chi connectivity index (χ3v) is 6.29. The Morgan fingerprint density at radius 1 is 1.36 bits per heavy atom. The van der Waals surface area contributed by atoms with Crippen molar-refractivity contribution in [1.29, 1.82) is 0 Å². The average Bonchev–Trinajstić information content (AvgIpc) is 3.09. The Morgan fingerprint density at radius 2 is 2.12 bits per heavy atom. The number of benzene rings is 1. The molecule has 7 heteroatoms. The number of carbonyl (C=O) groups is 1. The van der Waals surface area contributed by atoms with Gasteiger partial charge in [-0.25, -0.2) is 13.8 Å². The van der Waals surface area contributed by atoms with Gasteiger partial charge in [-0.3, -0.25) is 5.32 Å². The lowest BCUT2D eigenvalue weighted by atomic mass is 10.1. The molecule has 2 amide bonds. The van der Waals surface area contributed by atoms with Crippen LogP contribution in [-0.2, 0) is 0 Å². The Balaban J connectivity index is 1.62. The van der Waals surface area contributed by atoms with E-state index < -0.39 is 0 Å². The molecule has 2 aromatic rings. The van der Waals surface area contributed by atoms with Crippen LogP contribution in [0.4, 0.5) is 14.2 Å². The maximum absolute atomic E-state index is 13.4. The van der Waals surface area contributed by atoms with Crippen LogP contribution in [0.3, 0.4) is 0 Å². The highest BCUT2D eigenvalue weighted by Gasteiger charge is 2.27. The molecule has 1 aliphatic rings. The highest BCUT2D eigenvalue weighted by Crippen LogP contribution is 2.32. The van der Waals surface area contributed by atoms with Gasteiger partial charge in [0.1, 0.15) is 18.9 Å². The molecule has 1 aliphatic heterocycles. The van der Waals surface area contributed by atoms with E-state index in [0.717, 1.165) is 41.4 Å². The summed E-state index contributed by atoms with van der Waals surface area (Å²) in [6.07, 6.45) is 1.95. The van der Waals surface area contributed by atoms with E-state index in [1.165, 1.54) is 23.5 Å². The summed E-state index contributed by atoms with van der Waals surface area (Å²) < 4.78 is 17.7. The van der Waals surface area contributed by atoms with Gasteiger partial charge in [0.05, 0.1) is 5.00 Å². The van der Waals surface area contributed by atoms with Crippen molar-refractivity contribution in [1.82, 2.24) is 4.90 Å². The number of amides is 2. The molecule has 4 nitrogen and oxygen atoms in total. The lowest BCUT2D eigenvalue weighted by molar-refractivity contribution is -0.532. The van der Waals surface area contributed by atoms with Gasteiger partial charge in [-0.2, -0.15) is 0 Å². The normalized spacial score (nSPS) is 17.2. The molecular weight excluding hydrogens is 452 g/mol. The molecule has 1 N–H and O–H groups in total. The van der Waals surface area contributed by atoms with Crippen molar-refractivity contribution in [3.8, 4) is 10.4 Å². The number of halogens is 2. The maximum Gasteiger partial charge on any atom is 0.322 e. The Hall–Kier alpha value is -1.48. The zero-order chi connectivity index (χ0) is 17.8. The second-order valence-electron chi connectivity index (χ2n) is 6.08. The largest absolute Gasteiger partial charge is 0.324 e. The fourth-order valence-electron chi connectivity index (χ4n) is 2.93. The van der Waals surface area contributed by atoms with Gasteiger partial charge in [0.2, 0.25) is 0 Å². The molecular formula is C18H20FIN3OS+. The van der Waals surface area contributed by atoms with Gasteiger partial charge < -0.3 is 4.90 Å². The molecule has 132 valence electrons. The minimum absolute atomic E-state index is 0.0930. The van der Waals surface area contributed by atoms with E-state index in [0.29, 0.717) is 0 Å². The first-order valence-corrected chi connectivity index (χ1v) is 10.2. The Labute approximate surface area is 164 Å². The number of anilines is 1. The number of carbonyl (C=O) groups excluding carboxylic acids is 1. The molecule has 0 saturated carbocycles. The van der Waals surface area contributed by atoms with Crippen LogP contribution >= 0.6 is 33.9 Å². The van der Waals surface area contributed by atoms with Crippen LogP contribution in [0.2, 0.25) is 0 Å². The third kappa shape index (κ3) is 4.58. The van der Waals surface area contributed by atoms with E-state index in [4.69, 9.17) is 0 Å². The first-order chi connectivity index (χ1) is 12.1. The Morgan fingerprint density at radius 3 is 2.80 bits per heavy atom. The van der Waals surface area contributed by atoms with Crippen molar-refractivity contribution < 1.29 is 13.8 Å². The molecule has 3 rings (SSSR count). The zero-order valence-electron chi connectivity index (χ0n) is 13.9. The predicted molar refractivity (Wildman–Crippen MR) is 110 cm³/mol. The number of urea groups is 1. The molecule has 1 aromatic carbocycles. The summed E-state index contributed by atoms with van der Waals surface area (Å²) in [6, 6.07) is 10.4. The topological polar surface area (TPSA) is 35.4 Å². The summed E-state index contributed by atoms with van der Waals surface area (Å²) >= 11 is 3.71. The third-order valence-electron chi connectivity index (χ3n) is 4.45. The van der Waals surface area contributed by atoms with Crippen LogP contribution in [0.25, 0.3) is 10.4 Å². The molecule has 0 aliphatic carbocycles. The van der Waals surface area contributed by atoms with Gasteiger partial charge in [-0.15, -0.1) is 11.3 Å². The van der Waals surface area contributed by atoms with Crippen molar-refractivity contribution in [3.05, 3.63) is 42.2 Å². The van der Waals surface area contributed by atoms with E-state index in [9.17, 15) is 9.18 Å². The molecule has 1 fully saturated rings. The van der Waals surface area contributed by atoms with Crippen LogP contribution in [-0.4, -0.2) is 45.9 Å². The summed E-state index contributed by atoms with van der Waals surface area (Å²) in [7, 11) is 1.85. The van der Waals surface area contributed by atoms with Gasteiger partial charge in [0.25, 0.3) is 0 Å². The van der Waals surface area contributed by atoms with E-state index in [1.54, 1.807) is 11.0 Å². The van der Waals surface area contributed by atoms with E-state index in [1.807, 2.05) is 25.2 Å². The highest BCUT2D eigenvalue weighted by molar-refractivity contribution is 14.1. The second-order valence-corrected chi connectivity index (χ2v) is 7.72. The molecule has 2 heterocycles. The zero-order valence-corrected chi connectivity index (χ0v) is 16.9. The van der Waals surface area contributed by atoms with Crippen LogP contribution in [0.5, 0.6) is 0 Å². The van der Waals surface area contributed by atoms with Crippen LogP contribution in [0.15, 0.2) is 36.4 Å². The van der Waals surface area contributed by atoms with E-state index in [-0.39, 0.29) is 17.9 Å². The number of nitrogens with one attached hydrogen (secondary N) is 1. The van der Waals surface area contributed by atoms with Crippen LogP contribution in [0.1, 0.15) is 12.8 Å². The molecule has 1 aromatic heterocycles. The lowest BCUT2D eigenvalue weighted by Crippen LogP contribution is -2.44. The summed E-state index contributed by atoms with van der Waals surface area (Å²) in [5.41, 5.74) is 0.821. The molecule has 25 heavy (non-hydrogen) atoms. The summed E-state index contributed by atoms with van der Waals surface area (Å²) in [4.78, 5) is 15.2. The van der Waals surface area contributed by atoms with Gasteiger partial charge >= 0.3 is 6.03 Å². The van der Waals surface area contributed by atoms with Crippen LogP contribution in [0, 0.1) is 5.82 Å². The molecule has 1 saturated heterocycles. The summed E-state index contributed by atoms with van der Waals surface area (Å²) in [5, 5.41) is 3.73. The lowest BCUT2D eigenvalue weighted by Gasteiger charge is -2.29. The Kier molecular flexibility index (Phi) is 6.06. The molecule has 0 spiro atoms. The minimum atomic E-state index is -0.258. The molecule has 0 bridgehead atoms. The highest BCUT2D eigenvalue weighted by atomic mass is 127. The second kappa shape index (κ2) is 8.27. The number of nitrogens with zero attached hydrogens (tertiary/aromatic N) is 2. The van der Waals surface area contributed by atoms with Crippen molar-refractivity contribution in [3.63, 3.8) is 0 Å². The number of hydrogen-bond acceptors (Lipinski definition) is 2. The first kappa shape index (κ1) is 18.3. The quantitative estimate of drug-likeness (QED) is 0.512. The summed E-state index contributed by atoms with van der Waals surface area (Å²) in [6.45, 7) is 1.96.